The molecule has 0 unspecified atom stereocenters. The van der Waals surface area contributed by atoms with Gasteiger partial charge in [-0.1, -0.05) is 22.9 Å². The summed E-state index contributed by atoms with van der Waals surface area (Å²) >= 11 is 3.38. The molecule has 19 heavy (non-hydrogen) atoms. The van der Waals surface area contributed by atoms with Gasteiger partial charge in [-0.15, -0.1) is 0 Å². The maximum atomic E-state index is 12.5. The second kappa shape index (κ2) is 5.33. The summed E-state index contributed by atoms with van der Waals surface area (Å²) in [4.78, 5) is 25.5. The van der Waals surface area contributed by atoms with Crippen LogP contribution in [-0.4, -0.2) is 29.8 Å². The van der Waals surface area contributed by atoms with Gasteiger partial charge in [-0.05, 0) is 36.6 Å². The summed E-state index contributed by atoms with van der Waals surface area (Å²) < 4.78 is 0.950. The lowest BCUT2D eigenvalue weighted by molar-refractivity contribution is -0.122. The van der Waals surface area contributed by atoms with Crippen LogP contribution in [0.4, 0.5) is 0 Å². The molecule has 2 N–H and O–H groups in total. The Morgan fingerprint density at radius 1 is 1.37 bits per heavy atom. The van der Waals surface area contributed by atoms with Crippen LogP contribution in [0.15, 0.2) is 22.7 Å². The topological polar surface area (TPSA) is 63.4 Å². The number of amides is 2. The van der Waals surface area contributed by atoms with Crippen LogP contribution in [0.2, 0.25) is 0 Å². The molecule has 0 bridgehead atoms. The van der Waals surface area contributed by atoms with Crippen molar-refractivity contribution in [2.24, 2.45) is 17.6 Å². The van der Waals surface area contributed by atoms with E-state index >= 15 is 0 Å². The fourth-order valence-corrected chi connectivity index (χ4v) is 3.02. The molecule has 1 aliphatic rings. The lowest BCUT2D eigenvalue weighted by Crippen LogP contribution is -2.32. The molecule has 2 atom stereocenters. The van der Waals surface area contributed by atoms with E-state index in [1.54, 1.807) is 4.90 Å². The van der Waals surface area contributed by atoms with E-state index in [2.05, 4.69) is 15.9 Å². The van der Waals surface area contributed by atoms with Crippen molar-refractivity contribution in [1.82, 2.24) is 4.90 Å². The van der Waals surface area contributed by atoms with Gasteiger partial charge in [0.15, 0.2) is 0 Å². The lowest BCUT2D eigenvalue weighted by Gasteiger charge is -2.17. The van der Waals surface area contributed by atoms with E-state index in [9.17, 15) is 9.59 Å². The standard InChI is InChI=1S/C14H17BrN2O2/c1-8-5-10(15)3-4-11(8)14(19)17-6-9(2)12(7-17)13(16)18/h3-5,9,12H,6-7H2,1-2H3,(H2,16,18)/t9-,12-/m1/s1. The van der Waals surface area contributed by atoms with Crippen LogP contribution in [0, 0.1) is 18.8 Å². The first-order chi connectivity index (χ1) is 8.90. The van der Waals surface area contributed by atoms with Crippen molar-refractivity contribution in [2.45, 2.75) is 13.8 Å². The Hall–Kier alpha value is -1.36. The highest BCUT2D eigenvalue weighted by atomic mass is 79.9. The van der Waals surface area contributed by atoms with E-state index in [4.69, 9.17) is 5.73 Å². The molecule has 0 aromatic heterocycles. The molecule has 2 rings (SSSR count). The van der Waals surface area contributed by atoms with Gasteiger partial charge in [-0.2, -0.15) is 0 Å². The number of carbonyl (C=O) groups is 2. The first-order valence-electron chi connectivity index (χ1n) is 6.25. The molecule has 0 spiro atoms. The van der Waals surface area contributed by atoms with Crippen molar-refractivity contribution in [2.75, 3.05) is 13.1 Å². The quantitative estimate of drug-likeness (QED) is 0.903. The van der Waals surface area contributed by atoms with E-state index in [-0.39, 0.29) is 23.7 Å². The largest absolute Gasteiger partial charge is 0.369 e. The maximum Gasteiger partial charge on any atom is 0.254 e. The Bertz CT molecular complexity index is 530. The molecule has 1 aromatic carbocycles. The molecule has 102 valence electrons. The zero-order chi connectivity index (χ0) is 14.2. The fourth-order valence-electron chi connectivity index (χ4n) is 2.54. The minimum absolute atomic E-state index is 0.0272. The van der Waals surface area contributed by atoms with Crippen molar-refractivity contribution in [1.29, 1.82) is 0 Å². The van der Waals surface area contributed by atoms with Gasteiger partial charge in [-0.3, -0.25) is 9.59 Å². The summed E-state index contributed by atoms with van der Waals surface area (Å²) in [6, 6.07) is 5.58. The van der Waals surface area contributed by atoms with E-state index in [1.165, 1.54) is 0 Å². The third-order valence-electron chi connectivity index (χ3n) is 3.68. The Kier molecular flexibility index (Phi) is 3.94. The Balaban J connectivity index is 2.19. The molecule has 1 aliphatic heterocycles. The number of rotatable bonds is 2. The highest BCUT2D eigenvalue weighted by Crippen LogP contribution is 2.25. The Morgan fingerprint density at radius 3 is 2.58 bits per heavy atom. The Morgan fingerprint density at radius 2 is 2.05 bits per heavy atom. The summed E-state index contributed by atoms with van der Waals surface area (Å²) in [5, 5.41) is 0. The smallest absolute Gasteiger partial charge is 0.254 e. The number of hydrogen-bond donors (Lipinski definition) is 1. The molecule has 5 heteroatoms. The van der Waals surface area contributed by atoms with Gasteiger partial charge in [0, 0.05) is 23.1 Å². The van der Waals surface area contributed by atoms with Crippen molar-refractivity contribution in [3.63, 3.8) is 0 Å². The van der Waals surface area contributed by atoms with Gasteiger partial charge in [0.1, 0.15) is 0 Å². The Labute approximate surface area is 121 Å². The summed E-state index contributed by atoms with van der Waals surface area (Å²) in [6.07, 6.45) is 0. The monoisotopic (exact) mass is 324 g/mol. The fraction of sp³-hybridized carbons (Fsp3) is 0.429. The van der Waals surface area contributed by atoms with Crippen LogP contribution < -0.4 is 5.73 Å². The number of hydrogen-bond acceptors (Lipinski definition) is 2. The molecule has 0 saturated carbocycles. The molecule has 1 fully saturated rings. The molecule has 1 saturated heterocycles. The van der Waals surface area contributed by atoms with Gasteiger partial charge in [0.05, 0.1) is 5.92 Å². The predicted molar refractivity (Wildman–Crippen MR) is 76.6 cm³/mol. The van der Waals surface area contributed by atoms with Crippen molar-refractivity contribution >= 4 is 27.7 Å². The predicted octanol–water partition coefficient (Wildman–Crippen LogP) is 1.95. The van der Waals surface area contributed by atoms with Crippen LogP contribution >= 0.6 is 15.9 Å². The number of carbonyl (C=O) groups excluding carboxylic acids is 2. The van der Waals surface area contributed by atoms with Crippen molar-refractivity contribution in [3.8, 4) is 0 Å². The number of likely N-dealkylation sites (tertiary alicyclic amines) is 1. The van der Waals surface area contributed by atoms with Gasteiger partial charge >= 0.3 is 0 Å². The SMILES string of the molecule is Cc1cc(Br)ccc1C(=O)N1C[C@@H](C)[C@H](C(N)=O)C1. The maximum absolute atomic E-state index is 12.5. The van der Waals surface area contributed by atoms with Crippen molar-refractivity contribution < 1.29 is 9.59 Å². The normalized spacial score (nSPS) is 22.6. The van der Waals surface area contributed by atoms with E-state index < -0.39 is 0 Å². The molecule has 1 heterocycles. The third kappa shape index (κ3) is 2.81. The minimum Gasteiger partial charge on any atom is -0.369 e. The number of nitrogens with zero attached hydrogens (tertiary/aromatic N) is 1. The van der Waals surface area contributed by atoms with Crippen LogP contribution in [0.25, 0.3) is 0 Å². The average molecular weight is 325 g/mol. The van der Waals surface area contributed by atoms with Crippen LogP contribution in [0.3, 0.4) is 0 Å². The molecule has 1 aromatic rings. The van der Waals surface area contributed by atoms with Crippen molar-refractivity contribution in [3.05, 3.63) is 33.8 Å². The highest BCUT2D eigenvalue weighted by molar-refractivity contribution is 9.10. The molecule has 0 aliphatic carbocycles. The summed E-state index contributed by atoms with van der Waals surface area (Å²) in [5.41, 5.74) is 6.96. The third-order valence-corrected chi connectivity index (χ3v) is 4.18. The molecular weight excluding hydrogens is 308 g/mol. The van der Waals surface area contributed by atoms with Gasteiger partial charge < -0.3 is 10.6 Å². The van der Waals surface area contributed by atoms with Crippen LogP contribution in [0.5, 0.6) is 0 Å². The highest BCUT2D eigenvalue weighted by Gasteiger charge is 2.36. The van der Waals surface area contributed by atoms with Crippen LogP contribution in [0.1, 0.15) is 22.8 Å². The van der Waals surface area contributed by atoms with Crippen LogP contribution in [-0.2, 0) is 4.79 Å². The molecular formula is C14H17BrN2O2. The minimum atomic E-state index is -0.324. The van der Waals surface area contributed by atoms with Gasteiger partial charge in [0.25, 0.3) is 5.91 Å². The summed E-state index contributed by atoms with van der Waals surface area (Å²) in [5.74, 6) is -0.465. The summed E-state index contributed by atoms with van der Waals surface area (Å²) in [7, 11) is 0. The number of benzene rings is 1. The second-order valence-corrected chi connectivity index (χ2v) is 6.07. The number of aryl methyl sites for hydroxylation is 1. The molecule has 0 radical (unpaired) electrons. The van der Waals surface area contributed by atoms with E-state index in [0.717, 1.165) is 10.0 Å². The zero-order valence-corrected chi connectivity index (χ0v) is 12.6. The van der Waals surface area contributed by atoms with Gasteiger partial charge in [-0.25, -0.2) is 0 Å². The first kappa shape index (κ1) is 14.1. The lowest BCUT2D eigenvalue weighted by atomic mass is 9.98. The molecule has 4 nitrogen and oxygen atoms in total. The summed E-state index contributed by atoms with van der Waals surface area (Å²) in [6.45, 7) is 4.87. The first-order valence-corrected chi connectivity index (χ1v) is 7.04. The number of halogens is 1. The number of primary amides is 1. The zero-order valence-electron chi connectivity index (χ0n) is 11.0. The average Bonchev–Trinajstić information content (AvgIpc) is 2.70. The van der Waals surface area contributed by atoms with E-state index in [0.29, 0.717) is 18.7 Å². The number of nitrogens with two attached hydrogens (primary N) is 1. The van der Waals surface area contributed by atoms with Gasteiger partial charge in [0.2, 0.25) is 5.91 Å². The van der Waals surface area contributed by atoms with E-state index in [1.807, 2.05) is 32.0 Å². The second-order valence-electron chi connectivity index (χ2n) is 5.16. The molecule has 2 amide bonds.